The molecule has 0 aliphatic heterocycles. The van der Waals surface area contributed by atoms with Crippen LogP contribution < -0.4 is 0 Å². The summed E-state index contributed by atoms with van der Waals surface area (Å²) in [5.74, 6) is -1.48. The molecule has 0 spiro atoms. The molecule has 0 bridgehead atoms. The monoisotopic (exact) mass is 370 g/mol. The summed E-state index contributed by atoms with van der Waals surface area (Å²) >= 11 is 0. The first-order valence-corrected chi connectivity index (χ1v) is 10.5. The molecule has 0 saturated heterocycles. The summed E-state index contributed by atoms with van der Waals surface area (Å²) in [7, 11) is -4.15. The van der Waals surface area contributed by atoms with Crippen molar-refractivity contribution in [3.05, 3.63) is 0 Å². The Morgan fingerprint density at radius 1 is 0.792 bits per heavy atom. The minimum absolute atomic E-state index is 0.0743. The van der Waals surface area contributed by atoms with Crippen molar-refractivity contribution in [3.8, 4) is 0 Å². The van der Waals surface area contributed by atoms with Gasteiger partial charge in [0.2, 0.25) is 0 Å². The predicted octanol–water partition coefficient (Wildman–Crippen LogP) is 4.24. The standard InChI is InChI=1S/C16H35O7P/c1-5-9-12-19-16(20-13-10-6-2,21-14-11-7-3)15-23-24(17,18)22-8-4/h5-15H2,1-4H3,(H,17,18). The SMILES string of the molecule is CCCCOC(COP(=O)(O)OCC)(OCCCC)OCCCC. The Morgan fingerprint density at radius 3 is 1.54 bits per heavy atom. The first-order chi connectivity index (χ1) is 11.4. The number of hydrogen-bond acceptors (Lipinski definition) is 6. The molecule has 0 amide bonds. The lowest BCUT2D eigenvalue weighted by Gasteiger charge is -2.33. The van der Waals surface area contributed by atoms with Gasteiger partial charge in [-0.2, -0.15) is 0 Å². The normalized spacial score (nSPS) is 14.7. The fourth-order valence-electron chi connectivity index (χ4n) is 1.73. The van der Waals surface area contributed by atoms with Gasteiger partial charge in [-0.3, -0.25) is 9.05 Å². The summed E-state index contributed by atoms with van der Waals surface area (Å²) in [6.45, 7) is 8.78. The van der Waals surface area contributed by atoms with Crippen molar-refractivity contribution in [1.29, 1.82) is 0 Å². The zero-order valence-corrected chi connectivity index (χ0v) is 16.5. The van der Waals surface area contributed by atoms with E-state index in [1.54, 1.807) is 6.92 Å². The summed E-state index contributed by atoms with van der Waals surface area (Å²) in [4.78, 5) is 9.64. The molecule has 0 aromatic rings. The highest BCUT2D eigenvalue weighted by molar-refractivity contribution is 7.47. The third kappa shape index (κ3) is 11.5. The Kier molecular flexibility index (Phi) is 14.2. The van der Waals surface area contributed by atoms with Gasteiger partial charge < -0.3 is 19.1 Å². The van der Waals surface area contributed by atoms with Crippen molar-refractivity contribution >= 4 is 7.82 Å². The fraction of sp³-hybridized carbons (Fsp3) is 1.00. The number of rotatable bonds is 17. The molecule has 7 nitrogen and oxygen atoms in total. The molecule has 0 saturated carbocycles. The van der Waals surface area contributed by atoms with Gasteiger partial charge in [-0.1, -0.05) is 40.0 Å². The second-order valence-corrected chi connectivity index (χ2v) is 6.90. The molecule has 24 heavy (non-hydrogen) atoms. The Bertz CT molecular complexity index is 312. The zero-order chi connectivity index (χ0) is 18.3. The van der Waals surface area contributed by atoms with Gasteiger partial charge in [0.25, 0.3) is 0 Å². The average molecular weight is 370 g/mol. The summed E-state index contributed by atoms with van der Waals surface area (Å²) in [6, 6.07) is 0. The molecule has 0 heterocycles. The summed E-state index contributed by atoms with van der Waals surface area (Å²) in [6.07, 6.45) is 5.36. The van der Waals surface area contributed by atoms with Gasteiger partial charge in [0.15, 0.2) is 0 Å². The molecule has 0 rings (SSSR count). The lowest BCUT2D eigenvalue weighted by Crippen LogP contribution is -2.44. The van der Waals surface area contributed by atoms with E-state index >= 15 is 0 Å². The van der Waals surface area contributed by atoms with Crippen LogP contribution in [0.15, 0.2) is 0 Å². The average Bonchev–Trinajstić information content (AvgIpc) is 2.54. The van der Waals surface area contributed by atoms with Crippen LogP contribution in [0.4, 0.5) is 0 Å². The lowest BCUT2D eigenvalue weighted by atomic mass is 10.3. The minimum atomic E-state index is -4.15. The van der Waals surface area contributed by atoms with E-state index in [9.17, 15) is 9.46 Å². The van der Waals surface area contributed by atoms with Gasteiger partial charge >= 0.3 is 13.8 Å². The van der Waals surface area contributed by atoms with E-state index in [-0.39, 0.29) is 13.2 Å². The number of unbranched alkanes of at least 4 members (excludes halogenated alkanes) is 3. The zero-order valence-electron chi connectivity index (χ0n) is 15.6. The van der Waals surface area contributed by atoms with Crippen LogP contribution in [0.25, 0.3) is 0 Å². The molecule has 0 fully saturated rings. The smallest absolute Gasteiger partial charge is 0.326 e. The van der Waals surface area contributed by atoms with Crippen LogP contribution >= 0.6 is 7.82 Å². The van der Waals surface area contributed by atoms with Crippen LogP contribution in [-0.4, -0.2) is 43.9 Å². The first kappa shape index (κ1) is 24.0. The van der Waals surface area contributed by atoms with Crippen LogP contribution in [0.1, 0.15) is 66.2 Å². The molecule has 1 unspecified atom stereocenters. The highest BCUT2D eigenvalue weighted by Crippen LogP contribution is 2.44. The van der Waals surface area contributed by atoms with Crippen LogP contribution in [0.3, 0.4) is 0 Å². The largest absolute Gasteiger partial charge is 0.472 e. The van der Waals surface area contributed by atoms with Crippen LogP contribution in [-0.2, 0) is 27.8 Å². The Morgan fingerprint density at radius 2 is 1.21 bits per heavy atom. The van der Waals surface area contributed by atoms with Crippen molar-refractivity contribution in [2.24, 2.45) is 0 Å². The molecular weight excluding hydrogens is 335 g/mol. The van der Waals surface area contributed by atoms with E-state index in [1.807, 2.05) is 0 Å². The summed E-state index contributed by atoms with van der Waals surface area (Å²) in [5, 5.41) is 0. The maximum Gasteiger partial charge on any atom is 0.472 e. The Hall–Kier alpha value is -0.0100. The number of hydrogen-bond donors (Lipinski definition) is 1. The van der Waals surface area contributed by atoms with Crippen molar-refractivity contribution in [2.75, 3.05) is 33.0 Å². The molecule has 1 N–H and O–H groups in total. The third-order valence-corrected chi connectivity index (χ3v) is 4.20. The topological polar surface area (TPSA) is 83.5 Å². The van der Waals surface area contributed by atoms with Crippen molar-refractivity contribution in [1.82, 2.24) is 0 Å². The van der Waals surface area contributed by atoms with Crippen LogP contribution in [0, 0.1) is 0 Å². The second-order valence-electron chi connectivity index (χ2n) is 5.45. The van der Waals surface area contributed by atoms with E-state index < -0.39 is 13.8 Å². The van der Waals surface area contributed by atoms with Gasteiger partial charge in [0.05, 0.1) is 26.4 Å². The van der Waals surface area contributed by atoms with Gasteiger partial charge in [-0.05, 0) is 26.2 Å². The van der Waals surface area contributed by atoms with Crippen LogP contribution in [0.2, 0.25) is 0 Å². The molecular formula is C16H35O7P. The van der Waals surface area contributed by atoms with E-state index in [1.165, 1.54) is 0 Å². The maximum absolute atomic E-state index is 11.8. The molecule has 0 aliphatic rings. The van der Waals surface area contributed by atoms with Gasteiger partial charge in [0.1, 0.15) is 6.61 Å². The van der Waals surface area contributed by atoms with Gasteiger partial charge in [0, 0.05) is 0 Å². The third-order valence-electron chi connectivity index (χ3n) is 3.16. The summed E-state index contributed by atoms with van der Waals surface area (Å²) < 4.78 is 38.9. The first-order valence-electron chi connectivity index (χ1n) is 8.99. The maximum atomic E-state index is 11.8. The molecule has 8 heteroatoms. The minimum Gasteiger partial charge on any atom is -0.326 e. The van der Waals surface area contributed by atoms with Gasteiger partial charge in [-0.25, -0.2) is 4.57 Å². The Balaban J connectivity index is 4.93. The molecule has 0 aliphatic carbocycles. The molecule has 1 atom stereocenters. The number of ether oxygens (including phenoxy) is 3. The quantitative estimate of drug-likeness (QED) is 0.233. The predicted molar refractivity (Wildman–Crippen MR) is 92.7 cm³/mol. The van der Waals surface area contributed by atoms with Gasteiger partial charge in [-0.15, -0.1) is 0 Å². The highest BCUT2D eigenvalue weighted by atomic mass is 31.2. The van der Waals surface area contributed by atoms with E-state index in [2.05, 4.69) is 20.8 Å². The fourth-order valence-corrected chi connectivity index (χ4v) is 2.45. The molecule has 0 aromatic heterocycles. The lowest BCUT2D eigenvalue weighted by molar-refractivity contribution is -0.390. The van der Waals surface area contributed by atoms with Crippen molar-refractivity contribution < 1.29 is 32.7 Å². The summed E-state index contributed by atoms with van der Waals surface area (Å²) in [5.41, 5.74) is 0. The van der Waals surface area contributed by atoms with E-state index in [0.29, 0.717) is 19.8 Å². The van der Waals surface area contributed by atoms with E-state index in [0.717, 1.165) is 38.5 Å². The molecule has 0 aromatic carbocycles. The van der Waals surface area contributed by atoms with Crippen molar-refractivity contribution in [2.45, 2.75) is 72.2 Å². The van der Waals surface area contributed by atoms with Crippen LogP contribution in [0.5, 0.6) is 0 Å². The number of phosphoric ester groups is 1. The molecule has 0 radical (unpaired) electrons. The number of phosphoric acid groups is 1. The molecule has 146 valence electrons. The Labute approximate surface area is 146 Å². The highest BCUT2D eigenvalue weighted by Gasteiger charge is 2.37. The van der Waals surface area contributed by atoms with Crippen molar-refractivity contribution in [3.63, 3.8) is 0 Å². The second kappa shape index (κ2) is 14.2. The van der Waals surface area contributed by atoms with E-state index in [4.69, 9.17) is 23.3 Å².